The van der Waals surface area contributed by atoms with Crippen molar-refractivity contribution in [2.75, 3.05) is 0 Å². The van der Waals surface area contributed by atoms with Crippen LogP contribution in [0.25, 0.3) is 0 Å². The number of phenolic OH excluding ortho intramolecular Hbond substituents is 5. The SMILES string of the molecule is CC(c1ccc(O)c(O)c1)c1c(O)cc2c(c1O)C(=O)C(O)C(c1ccc(O)cc1)O2. The Morgan fingerprint density at radius 1 is 0.871 bits per heavy atom. The van der Waals surface area contributed by atoms with Crippen molar-refractivity contribution in [3.05, 3.63) is 70.8 Å². The van der Waals surface area contributed by atoms with Crippen molar-refractivity contribution < 1.29 is 40.2 Å². The summed E-state index contributed by atoms with van der Waals surface area (Å²) in [6.07, 6.45) is -2.70. The third-order valence-corrected chi connectivity index (χ3v) is 5.49. The van der Waals surface area contributed by atoms with Crippen LogP contribution in [0.4, 0.5) is 0 Å². The molecule has 8 nitrogen and oxygen atoms in total. The Morgan fingerprint density at radius 3 is 2.19 bits per heavy atom. The van der Waals surface area contributed by atoms with Gasteiger partial charge in [0.05, 0.1) is 0 Å². The molecule has 0 saturated heterocycles. The number of Topliss-reactive ketones (excluding diaryl/α,β-unsaturated/α-hetero) is 1. The van der Waals surface area contributed by atoms with Crippen LogP contribution in [0.5, 0.6) is 34.5 Å². The maximum Gasteiger partial charge on any atom is 0.202 e. The number of aliphatic hydroxyl groups excluding tert-OH is 1. The Hall–Kier alpha value is -3.91. The maximum atomic E-state index is 12.9. The number of aromatic hydroxyl groups is 5. The van der Waals surface area contributed by atoms with Crippen LogP contribution in [0.1, 0.15) is 46.0 Å². The first-order chi connectivity index (χ1) is 14.7. The molecule has 0 spiro atoms. The lowest BCUT2D eigenvalue weighted by molar-refractivity contribution is 0.0210. The molecule has 4 rings (SSSR count). The standard InChI is InChI=1S/C23H20O8/c1-10(12-4-7-14(25)15(26)8-12)18-16(27)9-17-19(20(18)28)21(29)22(30)23(31-17)11-2-5-13(24)6-3-11/h2-10,22-28,30H,1H3. The van der Waals surface area contributed by atoms with Crippen LogP contribution >= 0.6 is 0 Å². The van der Waals surface area contributed by atoms with Gasteiger partial charge in [0.25, 0.3) is 0 Å². The van der Waals surface area contributed by atoms with Crippen LogP contribution in [0.3, 0.4) is 0 Å². The van der Waals surface area contributed by atoms with Crippen molar-refractivity contribution in [1.82, 2.24) is 0 Å². The summed E-state index contributed by atoms with van der Waals surface area (Å²) in [5.74, 6) is -3.10. The summed E-state index contributed by atoms with van der Waals surface area (Å²) < 4.78 is 5.73. The fourth-order valence-electron chi connectivity index (χ4n) is 3.78. The zero-order valence-electron chi connectivity index (χ0n) is 16.4. The molecule has 3 unspecified atom stereocenters. The number of ketones is 1. The predicted molar refractivity (Wildman–Crippen MR) is 109 cm³/mol. The number of ether oxygens (including phenoxy) is 1. The first kappa shape index (κ1) is 20.4. The summed E-state index contributed by atoms with van der Waals surface area (Å²) >= 11 is 0. The van der Waals surface area contributed by atoms with Crippen molar-refractivity contribution in [1.29, 1.82) is 0 Å². The maximum absolute atomic E-state index is 12.9. The van der Waals surface area contributed by atoms with Gasteiger partial charge in [0.15, 0.2) is 23.7 Å². The molecular weight excluding hydrogens is 404 g/mol. The van der Waals surface area contributed by atoms with Gasteiger partial charge in [-0.05, 0) is 35.4 Å². The quantitative estimate of drug-likeness (QED) is 0.352. The van der Waals surface area contributed by atoms with E-state index in [2.05, 4.69) is 0 Å². The Balaban J connectivity index is 1.78. The fraction of sp³-hybridized carbons (Fsp3) is 0.174. The molecule has 31 heavy (non-hydrogen) atoms. The summed E-state index contributed by atoms with van der Waals surface area (Å²) in [4.78, 5) is 12.9. The van der Waals surface area contributed by atoms with Gasteiger partial charge < -0.3 is 35.4 Å². The van der Waals surface area contributed by atoms with Crippen LogP contribution in [0.2, 0.25) is 0 Å². The number of fused-ring (bicyclic) bond motifs is 1. The molecule has 0 aliphatic carbocycles. The number of aliphatic hydroxyl groups is 1. The van der Waals surface area contributed by atoms with Gasteiger partial charge in [0.2, 0.25) is 5.78 Å². The van der Waals surface area contributed by atoms with Gasteiger partial charge >= 0.3 is 0 Å². The molecule has 3 aromatic carbocycles. The van der Waals surface area contributed by atoms with E-state index in [-0.39, 0.29) is 39.9 Å². The van der Waals surface area contributed by atoms with Crippen LogP contribution in [0.15, 0.2) is 48.5 Å². The highest BCUT2D eigenvalue weighted by atomic mass is 16.5. The van der Waals surface area contributed by atoms with Gasteiger partial charge in [0.1, 0.15) is 28.6 Å². The van der Waals surface area contributed by atoms with E-state index in [0.717, 1.165) is 0 Å². The zero-order valence-corrected chi connectivity index (χ0v) is 16.4. The number of hydrogen-bond acceptors (Lipinski definition) is 8. The number of carbonyl (C=O) groups is 1. The highest BCUT2D eigenvalue weighted by Crippen LogP contribution is 2.48. The summed E-state index contributed by atoms with van der Waals surface area (Å²) in [5.41, 5.74) is 0.647. The molecule has 1 heterocycles. The van der Waals surface area contributed by atoms with Crippen molar-refractivity contribution in [2.45, 2.75) is 25.0 Å². The average Bonchev–Trinajstić information content (AvgIpc) is 2.73. The fourth-order valence-corrected chi connectivity index (χ4v) is 3.78. The molecule has 8 heteroatoms. The highest BCUT2D eigenvalue weighted by molar-refractivity contribution is 6.06. The second-order valence-corrected chi connectivity index (χ2v) is 7.44. The van der Waals surface area contributed by atoms with Gasteiger partial charge in [-0.15, -0.1) is 0 Å². The second-order valence-electron chi connectivity index (χ2n) is 7.44. The van der Waals surface area contributed by atoms with Crippen LogP contribution < -0.4 is 4.74 Å². The minimum atomic E-state index is -1.62. The Labute approximate surface area is 176 Å². The summed E-state index contributed by atoms with van der Waals surface area (Å²) in [6.45, 7) is 1.64. The number of carbonyl (C=O) groups excluding carboxylic acids is 1. The van der Waals surface area contributed by atoms with Gasteiger partial charge in [-0.3, -0.25) is 4.79 Å². The topological polar surface area (TPSA) is 148 Å². The number of hydrogen-bond donors (Lipinski definition) is 6. The molecule has 6 N–H and O–H groups in total. The molecular formula is C23H20O8. The van der Waals surface area contributed by atoms with Gasteiger partial charge in [-0.25, -0.2) is 0 Å². The molecule has 0 saturated carbocycles. The summed E-state index contributed by atoms with van der Waals surface area (Å²) in [6, 6.07) is 11.0. The first-order valence-corrected chi connectivity index (χ1v) is 9.47. The van der Waals surface area contributed by atoms with Crippen LogP contribution in [-0.2, 0) is 0 Å². The largest absolute Gasteiger partial charge is 0.508 e. The molecule has 3 aromatic rings. The Kier molecular flexibility index (Phi) is 4.87. The molecule has 3 atom stereocenters. The molecule has 0 aromatic heterocycles. The van der Waals surface area contributed by atoms with Crippen molar-refractivity contribution in [2.24, 2.45) is 0 Å². The number of rotatable bonds is 3. The third-order valence-electron chi connectivity index (χ3n) is 5.49. The van der Waals surface area contributed by atoms with Crippen LogP contribution in [-0.4, -0.2) is 42.5 Å². The normalized spacial score (nSPS) is 18.8. The average molecular weight is 424 g/mol. The minimum absolute atomic E-state index is 0.00922. The van der Waals surface area contributed by atoms with E-state index >= 15 is 0 Å². The molecule has 1 aliphatic rings. The number of benzene rings is 3. The molecule has 0 bridgehead atoms. The lowest BCUT2D eigenvalue weighted by atomic mass is 9.86. The van der Waals surface area contributed by atoms with Crippen molar-refractivity contribution >= 4 is 5.78 Å². The van der Waals surface area contributed by atoms with E-state index in [1.54, 1.807) is 6.92 Å². The van der Waals surface area contributed by atoms with Gasteiger partial charge in [-0.2, -0.15) is 0 Å². The lowest BCUT2D eigenvalue weighted by Gasteiger charge is -2.31. The van der Waals surface area contributed by atoms with Crippen LogP contribution in [0, 0.1) is 0 Å². The second kappa shape index (κ2) is 7.41. The van der Waals surface area contributed by atoms with Gasteiger partial charge in [0, 0.05) is 17.5 Å². The van der Waals surface area contributed by atoms with E-state index in [0.29, 0.717) is 11.1 Å². The third kappa shape index (κ3) is 3.36. The highest BCUT2D eigenvalue weighted by Gasteiger charge is 2.40. The monoisotopic (exact) mass is 424 g/mol. The van der Waals surface area contributed by atoms with E-state index in [4.69, 9.17) is 4.74 Å². The smallest absolute Gasteiger partial charge is 0.202 e. The summed E-state index contributed by atoms with van der Waals surface area (Å²) in [7, 11) is 0. The predicted octanol–water partition coefficient (Wildman–Crippen LogP) is 3.04. The van der Waals surface area contributed by atoms with Crippen molar-refractivity contribution in [3.63, 3.8) is 0 Å². The molecule has 0 fully saturated rings. The minimum Gasteiger partial charge on any atom is -0.508 e. The van der Waals surface area contributed by atoms with E-state index in [1.807, 2.05) is 0 Å². The van der Waals surface area contributed by atoms with Gasteiger partial charge in [-0.1, -0.05) is 25.1 Å². The van der Waals surface area contributed by atoms with Crippen molar-refractivity contribution in [3.8, 4) is 34.5 Å². The molecule has 160 valence electrons. The molecule has 0 radical (unpaired) electrons. The van der Waals surface area contributed by atoms with E-state index in [1.165, 1.54) is 48.5 Å². The number of phenols is 5. The van der Waals surface area contributed by atoms with E-state index in [9.17, 15) is 35.4 Å². The molecule has 1 aliphatic heterocycles. The van der Waals surface area contributed by atoms with E-state index < -0.39 is 29.7 Å². The first-order valence-electron chi connectivity index (χ1n) is 9.47. The molecule has 0 amide bonds. The lowest BCUT2D eigenvalue weighted by Crippen LogP contribution is -2.36. The zero-order chi connectivity index (χ0) is 22.4. The summed E-state index contributed by atoms with van der Waals surface area (Å²) in [5, 5.41) is 60.7. The Morgan fingerprint density at radius 2 is 1.55 bits per heavy atom. The Bertz CT molecular complexity index is 1170.